The predicted octanol–water partition coefficient (Wildman–Crippen LogP) is 4.62. The first-order valence-corrected chi connectivity index (χ1v) is 7.26. The van der Waals surface area contributed by atoms with Gasteiger partial charge in [-0.15, -0.1) is 0 Å². The van der Waals surface area contributed by atoms with E-state index < -0.39 is 0 Å². The van der Waals surface area contributed by atoms with Crippen molar-refractivity contribution in [1.82, 2.24) is 4.98 Å². The number of hydrogen-bond donors (Lipinski definition) is 0. The Hall–Kier alpha value is -2.15. The fraction of sp³-hybridized carbons (Fsp3) is 0.211. The predicted molar refractivity (Wildman–Crippen MR) is 83.1 cm³/mol. The van der Waals surface area contributed by atoms with Crippen LogP contribution in [-0.2, 0) is 6.42 Å². The Balaban J connectivity index is 1.84. The van der Waals surface area contributed by atoms with E-state index in [2.05, 4.69) is 61.5 Å². The van der Waals surface area contributed by atoms with Crippen molar-refractivity contribution in [3.8, 4) is 0 Å². The van der Waals surface area contributed by atoms with Gasteiger partial charge in [0.1, 0.15) is 0 Å². The molecule has 0 N–H and O–H groups in total. The average Bonchev–Trinajstić information content (AvgIpc) is 2.88. The summed E-state index contributed by atoms with van der Waals surface area (Å²) in [6.07, 6.45) is 2.33. The van der Waals surface area contributed by atoms with Crippen molar-refractivity contribution < 1.29 is 0 Å². The minimum Gasteiger partial charge on any atom is -0.252 e. The molecule has 1 heterocycles. The maximum Gasteiger partial charge on any atom is 0.0705 e. The summed E-state index contributed by atoms with van der Waals surface area (Å²) in [5.41, 5.74) is 6.54. The Bertz CT molecular complexity index is 771. The summed E-state index contributed by atoms with van der Waals surface area (Å²) in [4.78, 5) is 4.94. The largest absolute Gasteiger partial charge is 0.252 e. The summed E-state index contributed by atoms with van der Waals surface area (Å²) in [7, 11) is 0. The highest BCUT2D eigenvalue weighted by Gasteiger charge is 2.25. The zero-order chi connectivity index (χ0) is 13.5. The van der Waals surface area contributed by atoms with Gasteiger partial charge in [-0.2, -0.15) is 0 Å². The van der Waals surface area contributed by atoms with Crippen molar-refractivity contribution in [3.63, 3.8) is 0 Å². The number of hydrogen-bond acceptors (Lipinski definition) is 1. The lowest BCUT2D eigenvalue weighted by atomic mass is 9.95. The van der Waals surface area contributed by atoms with Gasteiger partial charge in [0.25, 0.3) is 0 Å². The summed E-state index contributed by atoms with van der Waals surface area (Å²) in [5, 5.41) is 1.26. The molecule has 20 heavy (non-hydrogen) atoms. The van der Waals surface area contributed by atoms with Crippen LogP contribution >= 0.6 is 0 Å². The molecule has 0 aliphatic heterocycles. The molecule has 3 aromatic rings. The lowest BCUT2D eigenvalue weighted by Crippen LogP contribution is -1.99. The van der Waals surface area contributed by atoms with Crippen LogP contribution in [0.2, 0.25) is 0 Å². The summed E-state index contributed by atoms with van der Waals surface area (Å²) >= 11 is 0. The molecule has 1 aliphatic rings. The molecule has 0 radical (unpaired) electrons. The van der Waals surface area contributed by atoms with Gasteiger partial charge in [-0.3, -0.25) is 4.98 Å². The molecule has 0 fully saturated rings. The van der Waals surface area contributed by atoms with Crippen molar-refractivity contribution in [3.05, 3.63) is 77.0 Å². The van der Waals surface area contributed by atoms with Crippen molar-refractivity contribution in [2.75, 3.05) is 0 Å². The lowest BCUT2D eigenvalue weighted by molar-refractivity contribution is 0.774. The van der Waals surface area contributed by atoms with Crippen LogP contribution in [0.25, 0.3) is 10.9 Å². The molecule has 1 aromatic heterocycles. The fourth-order valence-corrected chi connectivity index (χ4v) is 3.24. The summed E-state index contributed by atoms with van der Waals surface area (Å²) in [6.45, 7) is 2.14. The van der Waals surface area contributed by atoms with Gasteiger partial charge in [-0.25, -0.2) is 0 Å². The number of fused-ring (bicyclic) bond motifs is 2. The van der Waals surface area contributed by atoms with Crippen LogP contribution in [0.5, 0.6) is 0 Å². The van der Waals surface area contributed by atoms with Crippen molar-refractivity contribution in [2.24, 2.45) is 0 Å². The number of pyridine rings is 1. The Morgan fingerprint density at radius 1 is 1.00 bits per heavy atom. The molecule has 98 valence electrons. The number of aromatic nitrogens is 1. The second-order valence-electron chi connectivity index (χ2n) is 5.73. The van der Waals surface area contributed by atoms with Gasteiger partial charge in [0, 0.05) is 11.3 Å². The molecule has 1 heteroatoms. The molecule has 1 atom stereocenters. The van der Waals surface area contributed by atoms with Gasteiger partial charge in [0.2, 0.25) is 0 Å². The molecule has 1 nitrogen and oxygen atoms in total. The highest BCUT2D eigenvalue weighted by atomic mass is 14.7. The van der Waals surface area contributed by atoms with Gasteiger partial charge in [-0.05, 0) is 43.0 Å². The highest BCUT2D eigenvalue weighted by molar-refractivity contribution is 5.80. The van der Waals surface area contributed by atoms with E-state index in [1.807, 2.05) is 0 Å². The molecule has 0 saturated carbocycles. The third kappa shape index (κ3) is 1.82. The van der Waals surface area contributed by atoms with Crippen LogP contribution in [-0.4, -0.2) is 4.98 Å². The molecule has 0 saturated heterocycles. The maximum atomic E-state index is 4.94. The SMILES string of the molecule is Cc1ccc(C2CCc3cc4ccccc4nc32)cc1. The molecule has 0 spiro atoms. The number of rotatable bonds is 1. The normalized spacial score (nSPS) is 17.4. The summed E-state index contributed by atoms with van der Waals surface area (Å²) < 4.78 is 0. The average molecular weight is 259 g/mol. The molecule has 1 unspecified atom stereocenters. The Labute approximate surface area is 119 Å². The van der Waals surface area contributed by atoms with E-state index in [0.717, 1.165) is 11.9 Å². The van der Waals surface area contributed by atoms with Gasteiger partial charge >= 0.3 is 0 Å². The number of aryl methyl sites for hydroxylation is 2. The van der Waals surface area contributed by atoms with E-state index >= 15 is 0 Å². The minimum atomic E-state index is 0.468. The molecule has 2 aromatic carbocycles. The van der Waals surface area contributed by atoms with Crippen LogP contribution in [0, 0.1) is 6.92 Å². The zero-order valence-electron chi connectivity index (χ0n) is 11.6. The Morgan fingerprint density at radius 2 is 1.80 bits per heavy atom. The number of benzene rings is 2. The van der Waals surface area contributed by atoms with E-state index in [9.17, 15) is 0 Å². The number of nitrogens with zero attached hydrogens (tertiary/aromatic N) is 1. The van der Waals surface area contributed by atoms with Crippen molar-refractivity contribution in [1.29, 1.82) is 0 Å². The number of para-hydroxylation sites is 1. The van der Waals surface area contributed by atoms with Crippen molar-refractivity contribution in [2.45, 2.75) is 25.7 Å². The molecule has 1 aliphatic carbocycles. The van der Waals surface area contributed by atoms with Gasteiger partial charge in [-0.1, -0.05) is 48.0 Å². The second kappa shape index (κ2) is 4.45. The monoisotopic (exact) mass is 259 g/mol. The van der Waals surface area contributed by atoms with E-state index in [1.54, 1.807) is 0 Å². The van der Waals surface area contributed by atoms with Gasteiger partial charge < -0.3 is 0 Å². The summed E-state index contributed by atoms with van der Waals surface area (Å²) in [6, 6.07) is 19.7. The second-order valence-corrected chi connectivity index (χ2v) is 5.73. The molecule has 0 bridgehead atoms. The van der Waals surface area contributed by atoms with E-state index in [4.69, 9.17) is 4.98 Å². The zero-order valence-corrected chi connectivity index (χ0v) is 11.6. The van der Waals surface area contributed by atoms with E-state index in [0.29, 0.717) is 5.92 Å². The van der Waals surface area contributed by atoms with Gasteiger partial charge in [0.15, 0.2) is 0 Å². The van der Waals surface area contributed by atoms with Crippen LogP contribution in [0.4, 0.5) is 0 Å². The van der Waals surface area contributed by atoms with Crippen LogP contribution < -0.4 is 0 Å². The molecule has 4 rings (SSSR count). The first kappa shape index (κ1) is 11.7. The highest BCUT2D eigenvalue weighted by Crippen LogP contribution is 2.38. The van der Waals surface area contributed by atoms with Crippen molar-refractivity contribution >= 4 is 10.9 Å². The fourth-order valence-electron chi connectivity index (χ4n) is 3.24. The molecular weight excluding hydrogens is 242 g/mol. The third-order valence-electron chi connectivity index (χ3n) is 4.35. The minimum absolute atomic E-state index is 0.468. The first-order valence-electron chi connectivity index (χ1n) is 7.26. The van der Waals surface area contributed by atoms with E-state index in [-0.39, 0.29) is 0 Å². The molecule has 0 amide bonds. The quantitative estimate of drug-likeness (QED) is 0.621. The molecular formula is C19H17N. The van der Waals surface area contributed by atoms with Crippen LogP contribution in [0.15, 0.2) is 54.6 Å². The van der Waals surface area contributed by atoms with E-state index in [1.165, 1.54) is 34.2 Å². The Morgan fingerprint density at radius 3 is 2.65 bits per heavy atom. The Kier molecular flexibility index (Phi) is 2.59. The van der Waals surface area contributed by atoms with Crippen LogP contribution in [0.3, 0.4) is 0 Å². The maximum absolute atomic E-state index is 4.94. The smallest absolute Gasteiger partial charge is 0.0705 e. The van der Waals surface area contributed by atoms with Gasteiger partial charge in [0.05, 0.1) is 11.2 Å². The standard InChI is InChI=1S/C19H17N/c1-13-6-8-14(9-7-13)17-11-10-16-12-15-4-2-3-5-18(15)20-19(16)17/h2-9,12,17H,10-11H2,1H3. The first-order chi connectivity index (χ1) is 9.81. The summed E-state index contributed by atoms with van der Waals surface area (Å²) in [5.74, 6) is 0.468. The lowest BCUT2D eigenvalue weighted by Gasteiger charge is -2.12. The third-order valence-corrected chi connectivity index (χ3v) is 4.35. The van der Waals surface area contributed by atoms with Crippen LogP contribution in [0.1, 0.15) is 34.7 Å². The topological polar surface area (TPSA) is 12.9 Å².